The number of piperidine rings is 1. The maximum Gasteiger partial charge on any atom is 0.263 e. The Balaban J connectivity index is 0.00000196. The molecule has 9 heteroatoms. The molecule has 1 fully saturated rings. The third-order valence-electron chi connectivity index (χ3n) is 4.91. The molecule has 0 saturated carbocycles. The quantitative estimate of drug-likeness (QED) is 0.679. The van der Waals surface area contributed by atoms with Crippen molar-refractivity contribution in [3.05, 3.63) is 51.2 Å². The molecule has 3 N–H and O–H groups in total. The maximum absolute atomic E-state index is 12.9. The number of nitrogens with zero attached hydrogens (tertiary/aromatic N) is 2. The van der Waals surface area contributed by atoms with Crippen LogP contribution in [0, 0.1) is 13.8 Å². The molecule has 7 nitrogen and oxygen atoms in total. The highest BCUT2D eigenvalue weighted by molar-refractivity contribution is 5.95. The Labute approximate surface area is 177 Å². The van der Waals surface area contributed by atoms with Crippen molar-refractivity contribution in [2.24, 2.45) is 0 Å². The fourth-order valence-corrected chi connectivity index (χ4v) is 3.53. The number of carbonyl (C=O) groups excluding carboxylic acids is 1. The molecule has 0 bridgehead atoms. The summed E-state index contributed by atoms with van der Waals surface area (Å²) in [5.41, 5.74) is 2.64. The lowest BCUT2D eigenvalue weighted by Crippen LogP contribution is -2.41. The van der Waals surface area contributed by atoms with Crippen LogP contribution < -0.4 is 16.2 Å². The predicted octanol–water partition coefficient (Wildman–Crippen LogP) is 2.32. The first-order valence-electron chi connectivity index (χ1n) is 9.20. The molecule has 1 saturated heterocycles. The van der Waals surface area contributed by atoms with Gasteiger partial charge in [-0.2, -0.15) is 5.10 Å². The second-order valence-electron chi connectivity index (χ2n) is 7.19. The van der Waals surface area contributed by atoms with E-state index in [-0.39, 0.29) is 53.9 Å². The molecule has 0 radical (unpaired) electrons. The normalized spacial score (nSPS) is 15.2. The predicted molar refractivity (Wildman–Crippen MR) is 115 cm³/mol. The van der Waals surface area contributed by atoms with Crippen LogP contribution in [0.2, 0.25) is 0 Å². The summed E-state index contributed by atoms with van der Waals surface area (Å²) in [6.07, 6.45) is 4.24. The number of aryl methyl sites for hydroxylation is 2. The van der Waals surface area contributed by atoms with Crippen molar-refractivity contribution in [2.45, 2.75) is 52.1 Å². The van der Waals surface area contributed by atoms with Crippen LogP contribution in [0.25, 0.3) is 0 Å². The Morgan fingerprint density at radius 2 is 2.00 bits per heavy atom. The molecule has 1 aliphatic rings. The SMILES string of the molecule is Cc1cc(CC(C)NC(=O)c2c(C)ccn(C3CCNCC3)c2=O)n[nH]1.Cl.Cl. The van der Waals surface area contributed by atoms with Crippen molar-refractivity contribution in [2.75, 3.05) is 13.1 Å². The van der Waals surface area contributed by atoms with E-state index >= 15 is 0 Å². The molecule has 28 heavy (non-hydrogen) atoms. The number of halogens is 2. The first kappa shape index (κ1) is 24.2. The number of aromatic amines is 1. The van der Waals surface area contributed by atoms with Crippen LogP contribution in [0.1, 0.15) is 53.1 Å². The molecule has 0 aliphatic carbocycles. The van der Waals surface area contributed by atoms with Gasteiger partial charge in [0.2, 0.25) is 0 Å². The van der Waals surface area contributed by atoms with E-state index in [1.165, 1.54) is 0 Å². The van der Waals surface area contributed by atoms with Gasteiger partial charge in [-0.3, -0.25) is 14.7 Å². The number of carbonyl (C=O) groups is 1. The maximum atomic E-state index is 12.9. The number of pyridine rings is 1. The van der Waals surface area contributed by atoms with Crippen molar-refractivity contribution in [3.63, 3.8) is 0 Å². The zero-order valence-electron chi connectivity index (χ0n) is 16.4. The number of aromatic nitrogens is 3. The van der Waals surface area contributed by atoms with E-state index < -0.39 is 0 Å². The number of rotatable bonds is 5. The van der Waals surface area contributed by atoms with Gasteiger partial charge in [-0.05, 0) is 64.4 Å². The summed E-state index contributed by atoms with van der Waals surface area (Å²) < 4.78 is 1.73. The largest absolute Gasteiger partial charge is 0.349 e. The van der Waals surface area contributed by atoms with Crippen LogP contribution >= 0.6 is 24.8 Å². The molecule has 3 rings (SSSR count). The van der Waals surface area contributed by atoms with Gasteiger partial charge >= 0.3 is 0 Å². The number of amides is 1. The van der Waals surface area contributed by atoms with Gasteiger partial charge in [0.25, 0.3) is 11.5 Å². The van der Waals surface area contributed by atoms with E-state index in [4.69, 9.17) is 0 Å². The zero-order chi connectivity index (χ0) is 18.7. The fourth-order valence-electron chi connectivity index (χ4n) is 3.53. The van der Waals surface area contributed by atoms with Gasteiger partial charge < -0.3 is 15.2 Å². The molecule has 2 aromatic heterocycles. The molecule has 3 heterocycles. The van der Waals surface area contributed by atoms with Crippen molar-refractivity contribution in [3.8, 4) is 0 Å². The van der Waals surface area contributed by atoms with Gasteiger partial charge in [0, 0.05) is 30.4 Å². The highest BCUT2D eigenvalue weighted by atomic mass is 35.5. The van der Waals surface area contributed by atoms with Crippen LogP contribution in [0.3, 0.4) is 0 Å². The Morgan fingerprint density at radius 1 is 1.32 bits per heavy atom. The smallest absolute Gasteiger partial charge is 0.263 e. The van der Waals surface area contributed by atoms with Crippen molar-refractivity contribution >= 4 is 30.7 Å². The van der Waals surface area contributed by atoms with Crippen LogP contribution in [0.5, 0.6) is 0 Å². The Morgan fingerprint density at radius 3 is 2.61 bits per heavy atom. The molecule has 1 aliphatic heterocycles. The monoisotopic (exact) mass is 429 g/mol. The van der Waals surface area contributed by atoms with Crippen LogP contribution in [-0.4, -0.2) is 39.8 Å². The van der Waals surface area contributed by atoms with E-state index in [2.05, 4.69) is 20.8 Å². The Hall–Kier alpha value is -1.83. The third-order valence-corrected chi connectivity index (χ3v) is 4.91. The second kappa shape index (κ2) is 10.6. The molecule has 1 atom stereocenters. The first-order valence-corrected chi connectivity index (χ1v) is 9.20. The molecule has 0 spiro atoms. The molecule has 1 unspecified atom stereocenters. The van der Waals surface area contributed by atoms with Crippen LogP contribution in [0.4, 0.5) is 0 Å². The van der Waals surface area contributed by atoms with Gasteiger partial charge in [-0.15, -0.1) is 24.8 Å². The van der Waals surface area contributed by atoms with Gasteiger partial charge in [0.15, 0.2) is 0 Å². The van der Waals surface area contributed by atoms with Gasteiger partial charge in [-0.25, -0.2) is 0 Å². The molecule has 156 valence electrons. The summed E-state index contributed by atoms with van der Waals surface area (Å²) in [4.78, 5) is 25.7. The Bertz CT molecular complexity index is 843. The van der Waals surface area contributed by atoms with Crippen molar-refractivity contribution in [1.29, 1.82) is 0 Å². The number of hydrogen-bond acceptors (Lipinski definition) is 4. The number of nitrogens with one attached hydrogen (secondary N) is 3. The average Bonchev–Trinajstić information content (AvgIpc) is 3.00. The highest BCUT2D eigenvalue weighted by Crippen LogP contribution is 2.17. The van der Waals surface area contributed by atoms with Gasteiger partial charge in [0.05, 0.1) is 5.69 Å². The van der Waals surface area contributed by atoms with E-state index in [9.17, 15) is 9.59 Å². The molecule has 2 aromatic rings. The molecular weight excluding hydrogens is 401 g/mol. The molecular formula is C19H29Cl2N5O2. The summed E-state index contributed by atoms with van der Waals surface area (Å²) in [6.45, 7) is 7.46. The average molecular weight is 430 g/mol. The van der Waals surface area contributed by atoms with E-state index in [1.54, 1.807) is 4.57 Å². The summed E-state index contributed by atoms with van der Waals surface area (Å²) in [7, 11) is 0. The minimum Gasteiger partial charge on any atom is -0.349 e. The second-order valence-corrected chi connectivity index (χ2v) is 7.19. The van der Waals surface area contributed by atoms with E-state index in [0.29, 0.717) is 12.0 Å². The van der Waals surface area contributed by atoms with E-state index in [0.717, 1.165) is 37.3 Å². The van der Waals surface area contributed by atoms with Crippen LogP contribution in [0.15, 0.2) is 23.1 Å². The lowest BCUT2D eigenvalue weighted by Gasteiger charge is -2.25. The number of H-pyrrole nitrogens is 1. The zero-order valence-corrected chi connectivity index (χ0v) is 18.1. The molecule has 1 amide bonds. The standard InChI is InChI=1S/C19H27N5O2.2ClH/c1-12-6-9-24(16-4-7-20-8-5-16)19(26)17(12)18(25)21-13(2)10-15-11-14(3)22-23-15;;/h6,9,11,13,16,20H,4-5,7-8,10H2,1-3H3,(H,21,25)(H,22,23);2*1H. The minimum absolute atomic E-state index is 0. The van der Waals surface area contributed by atoms with Crippen LogP contribution in [-0.2, 0) is 6.42 Å². The third kappa shape index (κ3) is 5.59. The van der Waals surface area contributed by atoms with Gasteiger partial charge in [0.1, 0.15) is 5.56 Å². The lowest BCUT2D eigenvalue weighted by atomic mass is 10.0. The summed E-state index contributed by atoms with van der Waals surface area (Å²) in [5.74, 6) is -0.310. The van der Waals surface area contributed by atoms with Crippen molar-refractivity contribution in [1.82, 2.24) is 25.4 Å². The summed E-state index contributed by atoms with van der Waals surface area (Å²) >= 11 is 0. The highest BCUT2D eigenvalue weighted by Gasteiger charge is 2.22. The minimum atomic E-state index is -0.310. The summed E-state index contributed by atoms with van der Waals surface area (Å²) in [5, 5.41) is 13.3. The van der Waals surface area contributed by atoms with Gasteiger partial charge in [-0.1, -0.05) is 0 Å². The van der Waals surface area contributed by atoms with Crippen molar-refractivity contribution < 1.29 is 4.79 Å². The number of hydrogen-bond donors (Lipinski definition) is 3. The Kier molecular flexibility index (Phi) is 9.20. The lowest BCUT2D eigenvalue weighted by molar-refractivity contribution is 0.0936. The topological polar surface area (TPSA) is 91.8 Å². The van der Waals surface area contributed by atoms with E-state index in [1.807, 2.05) is 39.1 Å². The summed E-state index contributed by atoms with van der Waals surface area (Å²) in [6, 6.07) is 3.86. The molecule has 0 aromatic carbocycles. The fraction of sp³-hybridized carbons (Fsp3) is 0.526. The first-order chi connectivity index (χ1) is 12.5.